The Balaban J connectivity index is 2.24. The van der Waals surface area contributed by atoms with E-state index in [2.05, 4.69) is 0 Å². The van der Waals surface area contributed by atoms with Crippen LogP contribution in [0.1, 0.15) is 15.9 Å². The first kappa shape index (κ1) is 16.5. The van der Waals surface area contributed by atoms with Gasteiger partial charge in [-0.2, -0.15) is 0 Å². The van der Waals surface area contributed by atoms with Crippen molar-refractivity contribution < 1.29 is 19.2 Å². The van der Waals surface area contributed by atoms with Crippen LogP contribution in [0, 0.1) is 10.1 Å². The number of hydrogen-bond donors (Lipinski definition) is 0. The fourth-order valence-electron chi connectivity index (χ4n) is 1.80. The first-order valence-electron chi connectivity index (χ1n) is 6.47. The highest BCUT2D eigenvalue weighted by Gasteiger charge is 2.15. The third kappa shape index (κ3) is 4.31. The van der Waals surface area contributed by atoms with Gasteiger partial charge in [-0.15, -0.1) is 0 Å². The van der Waals surface area contributed by atoms with Gasteiger partial charge in [0, 0.05) is 6.08 Å². The fourth-order valence-corrected chi connectivity index (χ4v) is 2.01. The number of ether oxygens (including phenoxy) is 2. The Bertz CT molecular complexity index is 773. The van der Waals surface area contributed by atoms with E-state index in [1.54, 1.807) is 30.3 Å². The minimum atomic E-state index is -0.623. The van der Waals surface area contributed by atoms with Crippen LogP contribution in [0.3, 0.4) is 0 Å². The van der Waals surface area contributed by atoms with Crippen molar-refractivity contribution in [3.05, 3.63) is 74.9 Å². The lowest BCUT2D eigenvalue weighted by molar-refractivity contribution is -0.400. The summed E-state index contributed by atoms with van der Waals surface area (Å²) in [5.41, 5.74) is 0.768. The van der Waals surface area contributed by atoms with Crippen molar-refractivity contribution in [2.45, 2.75) is 0 Å². The molecule has 0 fully saturated rings. The van der Waals surface area contributed by atoms with Crippen LogP contribution in [0.5, 0.6) is 11.5 Å². The maximum absolute atomic E-state index is 12.1. The zero-order valence-electron chi connectivity index (χ0n) is 12.1. The van der Waals surface area contributed by atoms with E-state index in [0.717, 1.165) is 6.20 Å². The van der Waals surface area contributed by atoms with Gasteiger partial charge in [-0.3, -0.25) is 10.1 Å². The molecule has 0 radical (unpaired) electrons. The van der Waals surface area contributed by atoms with Gasteiger partial charge in [0.2, 0.25) is 6.20 Å². The fraction of sp³-hybridized carbons (Fsp3) is 0.0625. The molecule has 2 aromatic carbocycles. The van der Waals surface area contributed by atoms with E-state index in [4.69, 9.17) is 21.1 Å². The topological polar surface area (TPSA) is 78.7 Å². The predicted molar refractivity (Wildman–Crippen MR) is 85.4 cm³/mol. The number of carbonyl (C=O) groups excluding carboxylic acids is 1. The number of benzene rings is 2. The van der Waals surface area contributed by atoms with Gasteiger partial charge in [-0.25, -0.2) is 4.79 Å². The minimum Gasteiger partial charge on any atom is -0.493 e. The van der Waals surface area contributed by atoms with E-state index in [1.807, 2.05) is 0 Å². The smallest absolute Gasteiger partial charge is 0.345 e. The molecule has 118 valence electrons. The SMILES string of the molecule is COc1cc(C=C[N+](=O)[O-])ccc1OC(=O)c1ccccc1Cl. The molecule has 0 saturated carbocycles. The molecule has 0 amide bonds. The number of nitro groups is 1. The molecule has 7 heteroatoms. The molecule has 2 rings (SSSR count). The van der Waals surface area contributed by atoms with E-state index in [0.29, 0.717) is 5.56 Å². The summed E-state index contributed by atoms with van der Waals surface area (Å²) in [6, 6.07) is 11.1. The van der Waals surface area contributed by atoms with Gasteiger partial charge in [-0.1, -0.05) is 29.8 Å². The van der Waals surface area contributed by atoms with Crippen molar-refractivity contribution in [3.8, 4) is 11.5 Å². The van der Waals surface area contributed by atoms with Gasteiger partial charge in [0.05, 0.1) is 22.6 Å². The maximum Gasteiger partial charge on any atom is 0.345 e. The molecular weight excluding hydrogens is 322 g/mol. The largest absolute Gasteiger partial charge is 0.493 e. The summed E-state index contributed by atoms with van der Waals surface area (Å²) >= 11 is 5.95. The van der Waals surface area contributed by atoms with Gasteiger partial charge in [0.15, 0.2) is 11.5 Å². The molecule has 0 unspecified atom stereocenters. The third-order valence-electron chi connectivity index (χ3n) is 2.87. The summed E-state index contributed by atoms with van der Waals surface area (Å²) in [4.78, 5) is 21.9. The molecular formula is C16H12ClNO5. The number of nitrogens with zero attached hydrogens (tertiary/aromatic N) is 1. The van der Waals surface area contributed by atoms with Crippen LogP contribution in [-0.2, 0) is 0 Å². The third-order valence-corrected chi connectivity index (χ3v) is 3.20. The molecule has 6 nitrogen and oxygen atoms in total. The van der Waals surface area contributed by atoms with Crippen LogP contribution in [0.25, 0.3) is 6.08 Å². The van der Waals surface area contributed by atoms with Crippen molar-refractivity contribution in [1.82, 2.24) is 0 Å². The Morgan fingerprint density at radius 3 is 2.61 bits per heavy atom. The summed E-state index contributed by atoms with van der Waals surface area (Å²) in [5, 5.41) is 10.6. The van der Waals surface area contributed by atoms with Crippen LogP contribution in [-0.4, -0.2) is 18.0 Å². The lowest BCUT2D eigenvalue weighted by Gasteiger charge is -2.10. The Morgan fingerprint density at radius 2 is 1.96 bits per heavy atom. The highest BCUT2D eigenvalue weighted by Crippen LogP contribution is 2.30. The summed E-state index contributed by atoms with van der Waals surface area (Å²) in [6.45, 7) is 0. The molecule has 0 aliphatic rings. The molecule has 0 N–H and O–H groups in total. The van der Waals surface area contributed by atoms with Crippen molar-refractivity contribution in [3.63, 3.8) is 0 Å². The van der Waals surface area contributed by atoms with Crippen LogP contribution in [0.15, 0.2) is 48.7 Å². The quantitative estimate of drug-likeness (QED) is 0.360. The molecule has 0 atom stereocenters. The van der Waals surface area contributed by atoms with Gasteiger partial charge >= 0.3 is 5.97 Å². The Labute approximate surface area is 137 Å². The summed E-state index contributed by atoms with van der Waals surface area (Å²) in [7, 11) is 1.41. The molecule has 2 aromatic rings. The first-order valence-corrected chi connectivity index (χ1v) is 6.85. The molecule has 0 bridgehead atoms. The van der Waals surface area contributed by atoms with Crippen LogP contribution < -0.4 is 9.47 Å². The molecule has 23 heavy (non-hydrogen) atoms. The number of halogens is 1. The van der Waals surface area contributed by atoms with Crippen molar-refractivity contribution in [2.75, 3.05) is 7.11 Å². The average Bonchev–Trinajstić information content (AvgIpc) is 2.54. The zero-order chi connectivity index (χ0) is 16.8. The van der Waals surface area contributed by atoms with Crippen LogP contribution in [0.4, 0.5) is 0 Å². The van der Waals surface area contributed by atoms with Crippen LogP contribution >= 0.6 is 11.6 Å². The van der Waals surface area contributed by atoms with Gasteiger partial charge in [0.1, 0.15) is 0 Å². The average molecular weight is 334 g/mol. The highest BCUT2D eigenvalue weighted by atomic mass is 35.5. The van der Waals surface area contributed by atoms with E-state index in [9.17, 15) is 14.9 Å². The second-order valence-electron chi connectivity index (χ2n) is 4.38. The number of carbonyl (C=O) groups is 1. The Hall–Kier alpha value is -2.86. The molecule has 0 aromatic heterocycles. The Morgan fingerprint density at radius 1 is 1.22 bits per heavy atom. The molecule has 0 spiro atoms. The monoisotopic (exact) mass is 333 g/mol. The number of esters is 1. The minimum absolute atomic E-state index is 0.190. The summed E-state index contributed by atoms with van der Waals surface area (Å²) < 4.78 is 10.4. The number of hydrogen-bond acceptors (Lipinski definition) is 5. The first-order chi connectivity index (χ1) is 11.0. The predicted octanol–water partition coefficient (Wildman–Crippen LogP) is 3.82. The summed E-state index contributed by atoms with van der Waals surface area (Å²) in [6.07, 6.45) is 2.12. The molecule has 0 aliphatic carbocycles. The van der Waals surface area contributed by atoms with E-state index in [1.165, 1.54) is 25.3 Å². The van der Waals surface area contributed by atoms with Crippen molar-refractivity contribution in [2.24, 2.45) is 0 Å². The van der Waals surface area contributed by atoms with Crippen molar-refractivity contribution >= 4 is 23.6 Å². The number of methoxy groups -OCH3 is 1. The van der Waals surface area contributed by atoms with E-state index in [-0.39, 0.29) is 22.1 Å². The van der Waals surface area contributed by atoms with Crippen molar-refractivity contribution in [1.29, 1.82) is 0 Å². The maximum atomic E-state index is 12.1. The molecule has 0 heterocycles. The number of rotatable bonds is 5. The second-order valence-corrected chi connectivity index (χ2v) is 4.79. The second kappa shape index (κ2) is 7.42. The van der Waals surface area contributed by atoms with Gasteiger partial charge < -0.3 is 9.47 Å². The van der Waals surface area contributed by atoms with Crippen LogP contribution in [0.2, 0.25) is 5.02 Å². The zero-order valence-corrected chi connectivity index (χ0v) is 12.8. The lowest BCUT2D eigenvalue weighted by Crippen LogP contribution is -2.09. The Kier molecular flexibility index (Phi) is 5.32. The highest BCUT2D eigenvalue weighted by molar-refractivity contribution is 6.33. The standard InChI is InChI=1S/C16H12ClNO5/c1-22-15-10-11(8-9-18(20)21)6-7-14(15)23-16(19)12-4-2-3-5-13(12)17/h2-10H,1H3. The van der Waals surface area contributed by atoms with E-state index >= 15 is 0 Å². The van der Waals surface area contributed by atoms with Gasteiger partial charge in [-0.05, 0) is 29.8 Å². The normalized spacial score (nSPS) is 10.5. The molecule has 0 saturated heterocycles. The van der Waals surface area contributed by atoms with E-state index < -0.39 is 10.9 Å². The molecule has 0 aliphatic heterocycles. The lowest BCUT2D eigenvalue weighted by atomic mass is 10.2. The summed E-state index contributed by atoms with van der Waals surface area (Å²) in [5.74, 6) is -0.158. The van der Waals surface area contributed by atoms with Gasteiger partial charge in [0.25, 0.3) is 0 Å².